The zero-order chi connectivity index (χ0) is 24.0. The Morgan fingerprint density at radius 1 is 1.18 bits per heavy atom. The Labute approximate surface area is 196 Å². The number of aromatic nitrogens is 4. The number of benzene rings is 2. The van der Waals surface area contributed by atoms with Crippen LogP contribution >= 0.6 is 0 Å². The molecule has 0 saturated carbocycles. The minimum absolute atomic E-state index is 0.0949. The van der Waals surface area contributed by atoms with E-state index < -0.39 is 10.0 Å². The predicted octanol–water partition coefficient (Wildman–Crippen LogP) is 1.72. The summed E-state index contributed by atoms with van der Waals surface area (Å²) >= 11 is 0. The molecule has 1 aliphatic heterocycles. The third-order valence-corrected chi connectivity index (χ3v) is 7.86. The maximum absolute atomic E-state index is 13.1. The molecule has 34 heavy (non-hydrogen) atoms. The van der Waals surface area contributed by atoms with Crippen molar-refractivity contribution in [2.75, 3.05) is 20.2 Å². The lowest BCUT2D eigenvalue weighted by Crippen LogP contribution is -2.32. The van der Waals surface area contributed by atoms with Gasteiger partial charge in [0.25, 0.3) is 5.56 Å². The number of nitrogens with two attached hydrogens (primary N) is 1. The Balaban J connectivity index is 1.60. The number of methoxy groups -OCH3 is 1. The van der Waals surface area contributed by atoms with E-state index in [2.05, 4.69) is 15.1 Å². The summed E-state index contributed by atoms with van der Waals surface area (Å²) < 4.78 is 34.5. The summed E-state index contributed by atoms with van der Waals surface area (Å²) in [7, 11) is -0.553. The molecule has 0 spiro atoms. The van der Waals surface area contributed by atoms with Crippen LogP contribution in [0.2, 0.25) is 0 Å². The van der Waals surface area contributed by atoms with E-state index in [0.717, 1.165) is 5.56 Å². The summed E-state index contributed by atoms with van der Waals surface area (Å²) in [4.78, 5) is 20.6. The van der Waals surface area contributed by atoms with Gasteiger partial charge in [-0.1, -0.05) is 30.3 Å². The van der Waals surface area contributed by atoms with Crippen LogP contribution in [0.1, 0.15) is 6.42 Å². The van der Waals surface area contributed by atoms with Crippen molar-refractivity contribution in [1.82, 2.24) is 24.1 Å². The Morgan fingerprint density at radius 3 is 2.62 bits per heavy atom. The van der Waals surface area contributed by atoms with Crippen molar-refractivity contribution >= 4 is 21.1 Å². The van der Waals surface area contributed by atoms with Crippen LogP contribution in [0.4, 0.5) is 0 Å². The molecule has 1 saturated heterocycles. The van der Waals surface area contributed by atoms with Crippen molar-refractivity contribution < 1.29 is 13.2 Å². The summed E-state index contributed by atoms with van der Waals surface area (Å²) in [5.41, 5.74) is 7.75. The Kier molecular flexibility index (Phi) is 5.47. The second-order valence-electron chi connectivity index (χ2n) is 8.23. The van der Waals surface area contributed by atoms with Gasteiger partial charge in [0, 0.05) is 37.8 Å². The van der Waals surface area contributed by atoms with Crippen LogP contribution in [0.25, 0.3) is 33.7 Å². The first-order valence-electron chi connectivity index (χ1n) is 10.8. The first kappa shape index (κ1) is 22.3. The van der Waals surface area contributed by atoms with Crippen molar-refractivity contribution in [3.63, 3.8) is 0 Å². The number of hydrogen-bond donors (Lipinski definition) is 2. The number of rotatable bonds is 5. The molecule has 1 fully saturated rings. The number of aromatic amines is 1. The molecule has 0 bridgehead atoms. The van der Waals surface area contributed by atoms with E-state index >= 15 is 0 Å². The molecule has 4 aromatic rings. The van der Waals surface area contributed by atoms with Gasteiger partial charge >= 0.3 is 0 Å². The molecule has 2 aromatic carbocycles. The summed E-state index contributed by atoms with van der Waals surface area (Å²) in [6, 6.07) is 13.7. The number of aryl methyl sites for hydroxylation is 1. The first-order valence-corrected chi connectivity index (χ1v) is 12.2. The Morgan fingerprint density at radius 2 is 1.94 bits per heavy atom. The zero-order valence-corrected chi connectivity index (χ0v) is 19.5. The van der Waals surface area contributed by atoms with Crippen LogP contribution < -0.4 is 16.0 Å². The highest BCUT2D eigenvalue weighted by Crippen LogP contribution is 2.33. The van der Waals surface area contributed by atoms with Crippen molar-refractivity contribution in [1.29, 1.82) is 0 Å². The molecule has 0 aliphatic carbocycles. The number of nitrogens with one attached hydrogen (secondary N) is 1. The molecule has 0 amide bonds. The highest BCUT2D eigenvalue weighted by atomic mass is 32.2. The maximum atomic E-state index is 13.1. The topological polar surface area (TPSA) is 136 Å². The van der Waals surface area contributed by atoms with Gasteiger partial charge in [0.15, 0.2) is 5.65 Å². The quantitative estimate of drug-likeness (QED) is 0.444. The standard InChI is InChI=1S/C23H24N6O4S/c1-28-22-19(20(27-28)14-6-4-3-5-7-14)23(30)26-21(25-22)17-9-8-16(12-18(17)33-2)34(31,32)29-11-10-15(24)13-29/h3-9,12,15H,10-11,13,24H2,1-2H3,(H,25,26,30). The van der Waals surface area contributed by atoms with Crippen LogP contribution in [0.15, 0.2) is 58.2 Å². The van der Waals surface area contributed by atoms with Gasteiger partial charge in [-0.15, -0.1) is 0 Å². The average Bonchev–Trinajstić information content (AvgIpc) is 3.43. The summed E-state index contributed by atoms with van der Waals surface area (Å²) in [5, 5.41) is 4.88. The second kappa shape index (κ2) is 8.35. The molecule has 5 rings (SSSR count). The SMILES string of the molecule is COc1cc(S(=O)(=O)N2CCC(N)C2)ccc1-c1nc2c(c(-c3ccccc3)nn2C)c(=O)[nH]1. The largest absolute Gasteiger partial charge is 0.496 e. The van der Waals surface area contributed by atoms with Gasteiger partial charge in [-0.3, -0.25) is 4.79 Å². The van der Waals surface area contributed by atoms with Crippen LogP contribution in [-0.4, -0.2) is 58.7 Å². The highest BCUT2D eigenvalue weighted by molar-refractivity contribution is 7.89. The molecule has 3 N–H and O–H groups in total. The van der Waals surface area contributed by atoms with E-state index in [4.69, 9.17) is 10.5 Å². The predicted molar refractivity (Wildman–Crippen MR) is 128 cm³/mol. The third-order valence-electron chi connectivity index (χ3n) is 5.99. The second-order valence-corrected chi connectivity index (χ2v) is 10.2. The average molecular weight is 481 g/mol. The van der Waals surface area contributed by atoms with Gasteiger partial charge in [0.05, 0.1) is 17.6 Å². The summed E-state index contributed by atoms with van der Waals surface area (Å²) in [6.45, 7) is 0.658. The zero-order valence-electron chi connectivity index (χ0n) is 18.7. The van der Waals surface area contributed by atoms with Crippen LogP contribution in [0.3, 0.4) is 0 Å². The Bertz CT molecular complexity index is 1550. The van der Waals surface area contributed by atoms with Crippen molar-refractivity contribution in [3.8, 4) is 28.4 Å². The molecule has 2 aromatic heterocycles. The van der Waals surface area contributed by atoms with Gasteiger partial charge in [-0.05, 0) is 18.6 Å². The number of ether oxygens (including phenoxy) is 1. The lowest BCUT2D eigenvalue weighted by atomic mass is 10.1. The monoisotopic (exact) mass is 480 g/mol. The third kappa shape index (κ3) is 3.67. The summed E-state index contributed by atoms with van der Waals surface area (Å²) in [5.74, 6) is 0.529. The molecule has 176 valence electrons. The van der Waals surface area contributed by atoms with E-state index in [1.165, 1.54) is 23.5 Å². The molecular formula is C23H24N6O4S. The molecule has 3 heterocycles. The maximum Gasteiger partial charge on any atom is 0.262 e. The number of nitrogens with zero attached hydrogens (tertiary/aromatic N) is 4. The molecule has 1 atom stereocenters. The van der Waals surface area contributed by atoms with Gasteiger partial charge < -0.3 is 15.5 Å². The van der Waals surface area contributed by atoms with Gasteiger partial charge in [0.2, 0.25) is 10.0 Å². The molecule has 1 unspecified atom stereocenters. The summed E-state index contributed by atoms with van der Waals surface area (Å²) in [6.07, 6.45) is 0.620. The molecule has 10 nitrogen and oxygen atoms in total. The van der Waals surface area contributed by atoms with Crippen molar-refractivity contribution in [3.05, 3.63) is 58.9 Å². The van der Waals surface area contributed by atoms with Crippen molar-refractivity contribution in [2.45, 2.75) is 17.4 Å². The molecule has 0 radical (unpaired) electrons. The van der Waals surface area contributed by atoms with Gasteiger partial charge in [0.1, 0.15) is 22.7 Å². The van der Waals surface area contributed by atoms with E-state index in [1.54, 1.807) is 17.8 Å². The van der Waals surface area contributed by atoms with E-state index in [-0.39, 0.29) is 34.6 Å². The molecule has 1 aliphatic rings. The molecule has 11 heteroatoms. The van der Waals surface area contributed by atoms with Crippen molar-refractivity contribution in [2.24, 2.45) is 12.8 Å². The molecular weight excluding hydrogens is 456 g/mol. The van der Waals surface area contributed by atoms with E-state index in [1.807, 2.05) is 30.3 Å². The minimum Gasteiger partial charge on any atom is -0.496 e. The fourth-order valence-electron chi connectivity index (χ4n) is 4.23. The minimum atomic E-state index is -3.71. The first-order chi connectivity index (χ1) is 16.3. The van der Waals surface area contributed by atoms with Gasteiger partial charge in [-0.25, -0.2) is 18.1 Å². The number of sulfonamides is 1. The van der Waals surface area contributed by atoms with Crippen LogP contribution in [0, 0.1) is 0 Å². The number of hydrogen-bond acceptors (Lipinski definition) is 7. The lowest BCUT2D eigenvalue weighted by molar-refractivity contribution is 0.414. The van der Waals surface area contributed by atoms with E-state index in [9.17, 15) is 13.2 Å². The smallest absolute Gasteiger partial charge is 0.262 e. The van der Waals surface area contributed by atoms with Crippen LogP contribution in [0.5, 0.6) is 5.75 Å². The Hall–Kier alpha value is -3.54. The fourth-order valence-corrected chi connectivity index (χ4v) is 5.76. The number of H-pyrrole nitrogens is 1. The normalized spacial score (nSPS) is 16.9. The highest BCUT2D eigenvalue weighted by Gasteiger charge is 2.31. The fraction of sp³-hybridized carbons (Fsp3) is 0.261. The number of fused-ring (bicyclic) bond motifs is 1. The van der Waals surface area contributed by atoms with Crippen LogP contribution in [-0.2, 0) is 17.1 Å². The van der Waals surface area contributed by atoms with Gasteiger partial charge in [-0.2, -0.15) is 9.40 Å². The van der Waals surface area contributed by atoms with E-state index in [0.29, 0.717) is 35.3 Å². The lowest BCUT2D eigenvalue weighted by Gasteiger charge is -2.17.